The molecule has 0 heterocycles. The maximum absolute atomic E-state index is 9.37. The van der Waals surface area contributed by atoms with Crippen molar-refractivity contribution in [3.05, 3.63) is 53.6 Å². The number of phenols is 1. The summed E-state index contributed by atoms with van der Waals surface area (Å²) in [5, 5.41) is 18.7. The largest absolute Gasteiger partial charge is 0.508 e. The molecular weight excluding hydrogens is 244 g/mol. The van der Waals surface area contributed by atoms with Crippen LogP contribution in [0.1, 0.15) is 11.1 Å². The number of hydrogen-bond donors (Lipinski definition) is 2. The third-order valence-corrected chi connectivity index (χ3v) is 2.74. The van der Waals surface area contributed by atoms with Gasteiger partial charge >= 0.3 is 0 Å². The van der Waals surface area contributed by atoms with E-state index in [0.29, 0.717) is 23.7 Å². The molecule has 0 radical (unpaired) electrons. The molecule has 2 aromatic rings. The molecule has 4 heteroatoms. The van der Waals surface area contributed by atoms with Gasteiger partial charge in [-0.25, -0.2) is 0 Å². The first kappa shape index (κ1) is 13.2. The maximum atomic E-state index is 9.37. The normalized spacial score (nSPS) is 10.2. The Morgan fingerprint density at radius 1 is 1.11 bits per heavy atom. The zero-order chi connectivity index (χ0) is 13.7. The Kier molecular flexibility index (Phi) is 4.26. The molecule has 2 aromatic carbocycles. The van der Waals surface area contributed by atoms with Crippen LogP contribution >= 0.6 is 0 Å². The Bertz CT molecular complexity index is 552. The number of aliphatic hydroxyl groups excluding tert-OH is 1. The van der Waals surface area contributed by atoms with Crippen molar-refractivity contribution in [1.82, 2.24) is 0 Å². The summed E-state index contributed by atoms with van der Waals surface area (Å²) in [5.74, 6) is 1.48. The average molecular weight is 260 g/mol. The number of aromatic hydroxyl groups is 1. The monoisotopic (exact) mass is 260 g/mol. The predicted molar refractivity (Wildman–Crippen MR) is 71.4 cm³/mol. The van der Waals surface area contributed by atoms with E-state index < -0.39 is 0 Å². The molecule has 0 unspecified atom stereocenters. The van der Waals surface area contributed by atoms with Gasteiger partial charge in [0.25, 0.3) is 0 Å². The number of rotatable bonds is 5. The van der Waals surface area contributed by atoms with Gasteiger partial charge in [0.05, 0.1) is 13.7 Å². The van der Waals surface area contributed by atoms with Crippen molar-refractivity contribution in [3.63, 3.8) is 0 Å². The number of aliphatic hydroxyl groups is 1. The van der Waals surface area contributed by atoms with E-state index in [2.05, 4.69) is 0 Å². The van der Waals surface area contributed by atoms with Gasteiger partial charge in [-0.2, -0.15) is 0 Å². The molecule has 0 aromatic heterocycles. The first-order valence-electron chi connectivity index (χ1n) is 5.91. The summed E-state index contributed by atoms with van der Waals surface area (Å²) in [7, 11) is 1.57. The second-order valence-electron chi connectivity index (χ2n) is 4.09. The molecule has 0 aliphatic rings. The first-order chi connectivity index (χ1) is 9.22. The molecule has 2 rings (SSSR count). The van der Waals surface area contributed by atoms with E-state index in [0.717, 1.165) is 5.56 Å². The SMILES string of the molecule is COc1ccc(OCc2cccc(O)c2)c(CO)c1. The third-order valence-electron chi connectivity index (χ3n) is 2.74. The highest BCUT2D eigenvalue weighted by molar-refractivity contribution is 5.40. The molecule has 0 bridgehead atoms. The molecule has 0 spiro atoms. The molecular formula is C15H16O4. The zero-order valence-corrected chi connectivity index (χ0v) is 10.7. The zero-order valence-electron chi connectivity index (χ0n) is 10.7. The van der Waals surface area contributed by atoms with E-state index in [1.165, 1.54) is 0 Å². The van der Waals surface area contributed by atoms with Gasteiger partial charge < -0.3 is 19.7 Å². The molecule has 0 atom stereocenters. The Labute approximate surface area is 111 Å². The molecule has 0 aliphatic carbocycles. The number of ether oxygens (including phenoxy) is 2. The van der Waals surface area contributed by atoms with Gasteiger partial charge in [-0.15, -0.1) is 0 Å². The van der Waals surface area contributed by atoms with Crippen LogP contribution in [-0.2, 0) is 13.2 Å². The van der Waals surface area contributed by atoms with Crippen LogP contribution in [0, 0.1) is 0 Å². The molecule has 0 saturated heterocycles. The number of benzene rings is 2. The van der Waals surface area contributed by atoms with Gasteiger partial charge in [0.15, 0.2) is 0 Å². The molecule has 0 aliphatic heterocycles. The summed E-state index contributed by atoms with van der Waals surface area (Å²) >= 11 is 0. The Morgan fingerprint density at radius 3 is 2.63 bits per heavy atom. The highest BCUT2D eigenvalue weighted by Gasteiger charge is 2.05. The fraction of sp³-hybridized carbons (Fsp3) is 0.200. The smallest absolute Gasteiger partial charge is 0.125 e. The van der Waals surface area contributed by atoms with Crippen LogP contribution in [0.4, 0.5) is 0 Å². The van der Waals surface area contributed by atoms with Crippen LogP contribution in [0.5, 0.6) is 17.2 Å². The molecule has 100 valence electrons. The molecule has 0 amide bonds. The highest BCUT2D eigenvalue weighted by atomic mass is 16.5. The fourth-order valence-corrected chi connectivity index (χ4v) is 1.75. The summed E-state index contributed by atoms with van der Waals surface area (Å²) < 4.78 is 10.7. The van der Waals surface area contributed by atoms with Gasteiger partial charge in [-0.05, 0) is 35.9 Å². The molecule has 0 saturated carbocycles. The highest BCUT2D eigenvalue weighted by Crippen LogP contribution is 2.25. The van der Waals surface area contributed by atoms with Gasteiger partial charge in [0, 0.05) is 5.56 Å². The Hall–Kier alpha value is -2.20. The molecule has 4 nitrogen and oxygen atoms in total. The topological polar surface area (TPSA) is 58.9 Å². The van der Waals surface area contributed by atoms with Crippen LogP contribution in [0.15, 0.2) is 42.5 Å². The van der Waals surface area contributed by atoms with E-state index in [9.17, 15) is 10.2 Å². The summed E-state index contributed by atoms with van der Waals surface area (Å²) in [5.41, 5.74) is 1.53. The van der Waals surface area contributed by atoms with Crippen molar-refractivity contribution in [2.45, 2.75) is 13.2 Å². The van der Waals surface area contributed by atoms with E-state index in [1.54, 1.807) is 43.5 Å². The standard InChI is InChI=1S/C15H16O4/c1-18-14-5-6-15(12(8-14)9-16)19-10-11-3-2-4-13(17)7-11/h2-8,16-17H,9-10H2,1H3. The van der Waals surface area contributed by atoms with Crippen molar-refractivity contribution >= 4 is 0 Å². The third kappa shape index (κ3) is 3.39. The van der Waals surface area contributed by atoms with Crippen LogP contribution < -0.4 is 9.47 Å². The lowest BCUT2D eigenvalue weighted by Gasteiger charge is -2.11. The Morgan fingerprint density at radius 2 is 1.95 bits per heavy atom. The maximum Gasteiger partial charge on any atom is 0.125 e. The second kappa shape index (κ2) is 6.11. The minimum atomic E-state index is -0.118. The van der Waals surface area contributed by atoms with E-state index in [-0.39, 0.29) is 12.4 Å². The van der Waals surface area contributed by atoms with Crippen molar-refractivity contribution < 1.29 is 19.7 Å². The summed E-state index contributed by atoms with van der Waals surface area (Å²) in [4.78, 5) is 0. The lowest BCUT2D eigenvalue weighted by molar-refractivity contribution is 0.257. The Balaban J connectivity index is 2.11. The predicted octanol–water partition coefficient (Wildman–Crippen LogP) is 2.47. The summed E-state index contributed by atoms with van der Waals surface area (Å²) in [6.45, 7) is 0.209. The van der Waals surface area contributed by atoms with Gasteiger partial charge in [-0.1, -0.05) is 12.1 Å². The number of phenolic OH excluding ortho intramolecular Hbond substituents is 1. The van der Waals surface area contributed by atoms with Crippen molar-refractivity contribution in [2.75, 3.05) is 7.11 Å². The van der Waals surface area contributed by atoms with Gasteiger partial charge in [0.2, 0.25) is 0 Å². The van der Waals surface area contributed by atoms with Crippen LogP contribution in [0.3, 0.4) is 0 Å². The number of methoxy groups -OCH3 is 1. The number of hydrogen-bond acceptors (Lipinski definition) is 4. The second-order valence-corrected chi connectivity index (χ2v) is 4.09. The summed E-state index contributed by atoms with van der Waals surface area (Å²) in [6, 6.07) is 12.1. The average Bonchev–Trinajstić information content (AvgIpc) is 2.45. The molecule has 2 N–H and O–H groups in total. The van der Waals surface area contributed by atoms with Crippen LogP contribution in [-0.4, -0.2) is 17.3 Å². The van der Waals surface area contributed by atoms with Crippen molar-refractivity contribution in [2.24, 2.45) is 0 Å². The van der Waals surface area contributed by atoms with Crippen molar-refractivity contribution in [1.29, 1.82) is 0 Å². The quantitative estimate of drug-likeness (QED) is 0.867. The lowest BCUT2D eigenvalue weighted by Crippen LogP contribution is -1.99. The first-order valence-corrected chi connectivity index (χ1v) is 5.91. The molecule has 19 heavy (non-hydrogen) atoms. The molecule has 0 fully saturated rings. The van der Waals surface area contributed by atoms with E-state index >= 15 is 0 Å². The van der Waals surface area contributed by atoms with Crippen LogP contribution in [0.25, 0.3) is 0 Å². The van der Waals surface area contributed by atoms with Gasteiger partial charge in [0.1, 0.15) is 23.9 Å². The van der Waals surface area contributed by atoms with E-state index in [4.69, 9.17) is 9.47 Å². The van der Waals surface area contributed by atoms with Crippen molar-refractivity contribution in [3.8, 4) is 17.2 Å². The minimum absolute atomic E-state index is 0.118. The van der Waals surface area contributed by atoms with Gasteiger partial charge in [-0.3, -0.25) is 0 Å². The van der Waals surface area contributed by atoms with Crippen LogP contribution in [0.2, 0.25) is 0 Å². The van der Waals surface area contributed by atoms with E-state index in [1.807, 2.05) is 6.07 Å². The minimum Gasteiger partial charge on any atom is -0.508 e. The lowest BCUT2D eigenvalue weighted by atomic mass is 10.2. The summed E-state index contributed by atoms with van der Waals surface area (Å²) in [6.07, 6.45) is 0. The fourth-order valence-electron chi connectivity index (χ4n) is 1.75.